The van der Waals surface area contributed by atoms with Crippen molar-refractivity contribution < 1.29 is 31.2 Å². The van der Waals surface area contributed by atoms with Crippen LogP contribution >= 0.6 is 11.3 Å². The lowest BCUT2D eigenvalue weighted by Crippen LogP contribution is -2.55. The van der Waals surface area contributed by atoms with E-state index >= 15 is 0 Å². The average molecular weight is 690 g/mol. The van der Waals surface area contributed by atoms with Gasteiger partial charge in [0.05, 0.1) is 35.6 Å². The van der Waals surface area contributed by atoms with Crippen molar-refractivity contribution in [3.05, 3.63) is 82.3 Å². The SMILES string of the molecule is Cc1ccc(S(=O)(=O)NC/N=C(\N)CC[C@H](NC(=O)CN2CCN(S(=O)(=O)Cc3ccccc3)CC2=O)C(=O)c2nccs2)cc1. The first kappa shape index (κ1) is 34.8. The quantitative estimate of drug-likeness (QED) is 0.118. The number of sulfonamides is 2. The van der Waals surface area contributed by atoms with Crippen LogP contribution in [0.15, 0.2) is 76.1 Å². The van der Waals surface area contributed by atoms with Gasteiger partial charge < -0.3 is 16.0 Å². The molecule has 4 N–H and O–H groups in total. The summed E-state index contributed by atoms with van der Waals surface area (Å²) in [5.41, 5.74) is 7.51. The number of aliphatic imine (C=N–C) groups is 1. The Hall–Kier alpha value is -4.03. The number of ketones is 1. The minimum Gasteiger partial charge on any atom is -0.387 e. The van der Waals surface area contributed by atoms with Gasteiger partial charge in [-0.1, -0.05) is 48.0 Å². The first-order valence-corrected chi connectivity index (χ1v) is 18.2. The Kier molecular flexibility index (Phi) is 11.7. The number of nitrogens with two attached hydrogens (primary N) is 1. The molecule has 0 unspecified atom stereocenters. The number of carbonyl (C=O) groups is 3. The zero-order valence-electron chi connectivity index (χ0n) is 25.0. The van der Waals surface area contributed by atoms with Crippen LogP contribution in [0.2, 0.25) is 0 Å². The number of nitrogens with zero attached hydrogens (tertiary/aromatic N) is 4. The van der Waals surface area contributed by atoms with Gasteiger partial charge in [-0.15, -0.1) is 11.3 Å². The van der Waals surface area contributed by atoms with Crippen molar-refractivity contribution in [1.29, 1.82) is 0 Å². The van der Waals surface area contributed by atoms with Gasteiger partial charge in [-0.05, 0) is 31.0 Å². The molecule has 1 fully saturated rings. The van der Waals surface area contributed by atoms with Crippen molar-refractivity contribution in [2.24, 2.45) is 10.7 Å². The van der Waals surface area contributed by atoms with E-state index in [1.54, 1.807) is 47.8 Å². The van der Waals surface area contributed by atoms with Crippen molar-refractivity contribution in [3.8, 4) is 0 Å². The van der Waals surface area contributed by atoms with Gasteiger partial charge in [-0.3, -0.25) is 19.4 Å². The van der Waals surface area contributed by atoms with Crippen LogP contribution in [0.4, 0.5) is 0 Å². The Labute approximate surface area is 271 Å². The molecule has 1 aliphatic heterocycles. The molecule has 1 aliphatic rings. The zero-order chi connectivity index (χ0) is 33.3. The fraction of sp³-hybridized carbons (Fsp3) is 0.345. The average Bonchev–Trinajstić information content (AvgIpc) is 3.55. The standard InChI is InChI=1S/C29H35N7O7S3/c1-21-7-9-23(10-8-21)46(42,43)33-20-32-25(30)12-11-24(28(39)29-31-13-16-44-29)34-26(37)17-35-14-15-36(18-27(35)38)45(40,41)19-22-5-3-2-4-6-22/h2-10,13,16,24,33H,11-12,14-15,17-20H2,1H3,(H2,30,32)(H,34,37)/t24-/m0/s1. The number of piperazine rings is 1. The second kappa shape index (κ2) is 15.5. The lowest BCUT2D eigenvalue weighted by Gasteiger charge is -2.33. The summed E-state index contributed by atoms with van der Waals surface area (Å²) in [6.45, 7) is 0.767. The third kappa shape index (κ3) is 9.73. The van der Waals surface area contributed by atoms with E-state index in [2.05, 4.69) is 20.0 Å². The van der Waals surface area contributed by atoms with Gasteiger partial charge in [0.2, 0.25) is 37.6 Å². The summed E-state index contributed by atoms with van der Waals surface area (Å²) in [7, 11) is -7.56. The van der Waals surface area contributed by atoms with Gasteiger partial charge >= 0.3 is 0 Å². The van der Waals surface area contributed by atoms with Crippen molar-refractivity contribution in [2.75, 3.05) is 32.8 Å². The molecule has 1 aromatic heterocycles. The minimum atomic E-state index is -3.81. The van der Waals surface area contributed by atoms with Crippen LogP contribution in [0.3, 0.4) is 0 Å². The number of nitrogens with one attached hydrogen (secondary N) is 2. The van der Waals surface area contributed by atoms with Crippen LogP contribution in [0.1, 0.15) is 33.8 Å². The fourth-order valence-electron chi connectivity index (χ4n) is 4.53. The molecule has 0 spiro atoms. The Balaban J connectivity index is 1.32. The van der Waals surface area contributed by atoms with Gasteiger partial charge in [0.15, 0.2) is 5.01 Å². The molecule has 46 heavy (non-hydrogen) atoms. The smallest absolute Gasteiger partial charge is 0.242 e. The summed E-state index contributed by atoms with van der Waals surface area (Å²) in [4.78, 5) is 48.4. The maximum atomic E-state index is 13.1. The van der Waals surface area contributed by atoms with Crippen LogP contribution < -0.4 is 15.8 Å². The highest BCUT2D eigenvalue weighted by Gasteiger charge is 2.33. The Morgan fingerprint density at radius 2 is 1.78 bits per heavy atom. The number of aryl methyl sites for hydroxylation is 1. The Morgan fingerprint density at radius 1 is 1.07 bits per heavy atom. The Bertz CT molecular complexity index is 1760. The number of carbonyl (C=O) groups excluding carboxylic acids is 3. The number of amides is 2. The maximum absolute atomic E-state index is 13.1. The van der Waals surface area contributed by atoms with E-state index in [4.69, 9.17) is 5.73 Å². The molecule has 246 valence electrons. The first-order chi connectivity index (χ1) is 21.8. The van der Waals surface area contributed by atoms with Crippen molar-refractivity contribution >= 4 is 54.8 Å². The third-order valence-corrected chi connectivity index (χ3v) is 11.0. The minimum absolute atomic E-state index is 0.00344. The summed E-state index contributed by atoms with van der Waals surface area (Å²) in [5, 5.41) is 4.42. The highest BCUT2D eigenvalue weighted by Crippen LogP contribution is 2.15. The molecule has 3 aromatic rings. The predicted octanol–water partition coefficient (Wildman–Crippen LogP) is 0.867. The topological polar surface area (TPSA) is 201 Å². The second-order valence-corrected chi connectivity index (χ2v) is 15.1. The first-order valence-electron chi connectivity index (χ1n) is 14.2. The number of thiazole rings is 1. The molecule has 2 amide bonds. The molecule has 0 aliphatic carbocycles. The molecule has 2 heterocycles. The molecule has 17 heteroatoms. The van der Waals surface area contributed by atoms with E-state index in [0.717, 1.165) is 21.2 Å². The largest absolute Gasteiger partial charge is 0.387 e. The number of hydrogen-bond acceptors (Lipinski definition) is 10. The lowest BCUT2D eigenvalue weighted by atomic mass is 10.1. The van der Waals surface area contributed by atoms with Gasteiger partial charge in [-0.2, -0.15) is 9.03 Å². The van der Waals surface area contributed by atoms with Crippen molar-refractivity contribution in [2.45, 2.75) is 36.5 Å². The van der Waals surface area contributed by atoms with Crippen molar-refractivity contribution in [3.63, 3.8) is 0 Å². The van der Waals surface area contributed by atoms with E-state index in [1.165, 1.54) is 23.2 Å². The summed E-state index contributed by atoms with van der Waals surface area (Å²) < 4.78 is 54.1. The normalized spacial score (nSPS) is 15.5. The molecule has 14 nitrogen and oxygen atoms in total. The van der Waals surface area contributed by atoms with E-state index in [0.29, 0.717) is 5.56 Å². The molecule has 1 atom stereocenters. The summed E-state index contributed by atoms with van der Waals surface area (Å²) in [6, 6.07) is 13.9. The number of Topliss-reactive ketones (excluding diaryl/α,β-unsaturated/α-hetero) is 1. The monoisotopic (exact) mass is 689 g/mol. The maximum Gasteiger partial charge on any atom is 0.242 e. The number of benzene rings is 2. The van der Waals surface area contributed by atoms with E-state index < -0.39 is 50.2 Å². The molecular formula is C29H35N7O7S3. The molecule has 0 saturated carbocycles. The third-order valence-electron chi connectivity index (χ3n) is 7.06. The summed E-state index contributed by atoms with van der Waals surface area (Å²) in [5.74, 6) is -1.80. The molecule has 0 bridgehead atoms. The van der Waals surface area contributed by atoms with E-state index in [1.807, 2.05) is 6.92 Å². The van der Waals surface area contributed by atoms with Gasteiger partial charge in [0, 0.05) is 31.1 Å². The molecule has 0 radical (unpaired) electrons. The van der Waals surface area contributed by atoms with E-state index in [-0.39, 0.29) is 60.6 Å². The van der Waals surface area contributed by atoms with Gasteiger partial charge in [0.25, 0.3) is 0 Å². The lowest BCUT2D eigenvalue weighted by molar-refractivity contribution is -0.138. The highest BCUT2D eigenvalue weighted by molar-refractivity contribution is 7.89. The van der Waals surface area contributed by atoms with Gasteiger partial charge in [-0.25, -0.2) is 21.8 Å². The van der Waals surface area contributed by atoms with Crippen LogP contribution in [0.5, 0.6) is 0 Å². The van der Waals surface area contributed by atoms with Crippen LogP contribution in [-0.4, -0.2) is 93.3 Å². The van der Waals surface area contributed by atoms with Crippen molar-refractivity contribution in [1.82, 2.24) is 24.2 Å². The molecule has 2 aromatic carbocycles. The fourth-order valence-corrected chi connectivity index (χ4v) is 7.52. The van der Waals surface area contributed by atoms with Crippen LogP contribution in [0, 0.1) is 6.92 Å². The highest BCUT2D eigenvalue weighted by atomic mass is 32.2. The second-order valence-electron chi connectivity index (χ2n) is 10.5. The predicted molar refractivity (Wildman–Crippen MR) is 173 cm³/mol. The Morgan fingerprint density at radius 3 is 2.43 bits per heavy atom. The number of rotatable bonds is 15. The number of aromatic nitrogens is 1. The van der Waals surface area contributed by atoms with Gasteiger partial charge in [0.1, 0.15) is 6.67 Å². The summed E-state index contributed by atoms with van der Waals surface area (Å²) >= 11 is 1.10. The van der Waals surface area contributed by atoms with Crippen LogP contribution in [-0.2, 0) is 35.4 Å². The molecule has 1 saturated heterocycles. The molecular weight excluding hydrogens is 655 g/mol. The van der Waals surface area contributed by atoms with E-state index in [9.17, 15) is 31.2 Å². The van der Waals surface area contributed by atoms with Crippen LogP contribution in [0.25, 0.3) is 0 Å². The zero-order valence-corrected chi connectivity index (χ0v) is 27.5. The number of amidine groups is 1. The molecule has 4 rings (SSSR count). The summed E-state index contributed by atoms with van der Waals surface area (Å²) in [6.07, 6.45) is 1.53. The number of hydrogen-bond donors (Lipinski definition) is 3.